The smallest absolute Gasteiger partial charge is 0.344 e. The number of aliphatic imine (C=N–C) groups is 1. The number of para-hydroxylation sites is 2. The zero-order valence-electron chi connectivity index (χ0n) is 15.0. The lowest BCUT2D eigenvalue weighted by molar-refractivity contribution is 0.544. The van der Waals surface area contributed by atoms with Gasteiger partial charge in [-0.25, -0.2) is 9.79 Å². The van der Waals surface area contributed by atoms with Gasteiger partial charge in [-0.1, -0.05) is 54.1 Å². The Morgan fingerprint density at radius 2 is 1.72 bits per heavy atom. The van der Waals surface area contributed by atoms with Gasteiger partial charge in [-0.05, 0) is 47.7 Å². The van der Waals surface area contributed by atoms with Crippen molar-refractivity contribution in [2.45, 2.75) is 10.9 Å². The predicted molar refractivity (Wildman–Crippen MR) is 118 cm³/mol. The maximum absolute atomic E-state index is 13.2. The highest BCUT2D eigenvalue weighted by atomic mass is 35.5. The molecule has 1 aromatic heterocycles. The van der Waals surface area contributed by atoms with Crippen LogP contribution in [-0.4, -0.2) is 5.17 Å². The van der Waals surface area contributed by atoms with Crippen molar-refractivity contribution in [1.29, 1.82) is 0 Å². The number of hydrogen-bond donors (Lipinski definition) is 0. The van der Waals surface area contributed by atoms with Crippen LogP contribution in [-0.2, 0) is 0 Å². The van der Waals surface area contributed by atoms with Crippen LogP contribution in [0.25, 0.3) is 11.0 Å². The minimum Gasteiger partial charge on any atom is -0.422 e. The Balaban J connectivity index is 1.74. The third kappa shape index (κ3) is 2.41. The molecular formula is C23H13ClN2O2S. The van der Waals surface area contributed by atoms with Crippen LogP contribution < -0.4 is 10.5 Å². The zero-order valence-corrected chi connectivity index (χ0v) is 16.6. The topological polar surface area (TPSA) is 45.8 Å². The second-order valence-corrected chi connectivity index (χ2v) is 8.32. The highest BCUT2D eigenvalue weighted by molar-refractivity contribution is 8.14. The molecule has 2 aliphatic heterocycles. The Kier molecular flexibility index (Phi) is 3.63. The Hall–Kier alpha value is -3.02. The highest BCUT2D eigenvalue weighted by Crippen LogP contribution is 2.52. The SMILES string of the molecule is O=c1oc2ccccc2c2c1C(c1ccccc1Cl)N1C(=N2)Sc2ccccc21. The molecule has 6 heteroatoms. The van der Waals surface area contributed by atoms with Gasteiger partial charge in [0, 0.05) is 15.3 Å². The monoisotopic (exact) mass is 416 g/mol. The van der Waals surface area contributed by atoms with Gasteiger partial charge in [0.1, 0.15) is 5.58 Å². The first-order valence-corrected chi connectivity index (χ1v) is 10.4. The summed E-state index contributed by atoms with van der Waals surface area (Å²) >= 11 is 8.21. The van der Waals surface area contributed by atoms with E-state index in [1.807, 2.05) is 60.7 Å². The summed E-state index contributed by atoms with van der Waals surface area (Å²) in [7, 11) is 0. The molecule has 4 nitrogen and oxygen atoms in total. The molecule has 2 aliphatic rings. The number of anilines is 1. The van der Waals surface area contributed by atoms with Gasteiger partial charge in [-0.2, -0.15) is 0 Å². The summed E-state index contributed by atoms with van der Waals surface area (Å²) in [6.45, 7) is 0. The van der Waals surface area contributed by atoms with Gasteiger partial charge in [0.05, 0.1) is 23.0 Å². The van der Waals surface area contributed by atoms with Crippen molar-refractivity contribution >= 4 is 50.9 Å². The number of amidine groups is 1. The average molecular weight is 417 g/mol. The lowest BCUT2D eigenvalue weighted by atomic mass is 9.94. The molecule has 0 N–H and O–H groups in total. The van der Waals surface area contributed by atoms with Crippen molar-refractivity contribution in [3.05, 3.63) is 99.4 Å². The number of benzene rings is 3. The quantitative estimate of drug-likeness (QED) is 0.349. The molecule has 0 fully saturated rings. The van der Waals surface area contributed by atoms with Crippen molar-refractivity contribution in [2.24, 2.45) is 4.99 Å². The molecule has 6 rings (SSSR count). The van der Waals surface area contributed by atoms with Crippen molar-refractivity contribution in [3.8, 4) is 0 Å². The van der Waals surface area contributed by atoms with E-state index in [1.165, 1.54) is 0 Å². The fourth-order valence-electron chi connectivity index (χ4n) is 4.04. The minimum absolute atomic E-state index is 0.388. The second-order valence-electron chi connectivity index (χ2n) is 6.91. The maximum atomic E-state index is 13.2. The molecule has 0 spiro atoms. The van der Waals surface area contributed by atoms with E-state index < -0.39 is 6.04 Å². The second kappa shape index (κ2) is 6.24. The van der Waals surface area contributed by atoms with Crippen LogP contribution in [0.5, 0.6) is 0 Å². The molecule has 0 bridgehead atoms. The lowest BCUT2D eigenvalue weighted by Crippen LogP contribution is -2.36. The summed E-state index contributed by atoms with van der Waals surface area (Å²) in [6, 6.07) is 22.8. The van der Waals surface area contributed by atoms with Crippen molar-refractivity contribution in [3.63, 3.8) is 0 Å². The summed E-state index contributed by atoms with van der Waals surface area (Å²) in [5.74, 6) is 0. The number of nitrogens with zero attached hydrogens (tertiary/aromatic N) is 2. The summed E-state index contributed by atoms with van der Waals surface area (Å²) in [5.41, 5.74) is 3.18. The first-order chi connectivity index (χ1) is 14.2. The number of thioether (sulfide) groups is 1. The van der Waals surface area contributed by atoms with E-state index in [0.717, 1.165) is 26.7 Å². The van der Waals surface area contributed by atoms with Crippen LogP contribution in [0.1, 0.15) is 17.2 Å². The molecule has 29 heavy (non-hydrogen) atoms. The zero-order chi connectivity index (χ0) is 19.5. The molecule has 0 radical (unpaired) electrons. The highest BCUT2D eigenvalue weighted by Gasteiger charge is 2.41. The van der Waals surface area contributed by atoms with Gasteiger partial charge in [-0.3, -0.25) is 0 Å². The predicted octanol–water partition coefficient (Wildman–Crippen LogP) is 6.15. The van der Waals surface area contributed by atoms with E-state index >= 15 is 0 Å². The molecule has 1 atom stereocenters. The molecule has 0 saturated carbocycles. The van der Waals surface area contributed by atoms with Crippen LogP contribution >= 0.6 is 23.4 Å². The van der Waals surface area contributed by atoms with Crippen LogP contribution in [0, 0.1) is 0 Å². The van der Waals surface area contributed by atoms with Crippen LogP contribution in [0.3, 0.4) is 0 Å². The summed E-state index contributed by atoms with van der Waals surface area (Å²) < 4.78 is 5.69. The van der Waals surface area contributed by atoms with Crippen LogP contribution in [0.4, 0.5) is 11.4 Å². The largest absolute Gasteiger partial charge is 0.422 e. The molecule has 3 aromatic carbocycles. The van der Waals surface area contributed by atoms with Gasteiger partial charge in [0.2, 0.25) is 0 Å². The Labute approximate surface area is 175 Å². The first kappa shape index (κ1) is 16.9. The molecule has 3 heterocycles. The molecule has 0 aliphatic carbocycles. The van der Waals surface area contributed by atoms with Gasteiger partial charge in [0.25, 0.3) is 0 Å². The van der Waals surface area contributed by atoms with Crippen molar-refractivity contribution in [2.75, 3.05) is 4.90 Å². The molecule has 4 aromatic rings. The van der Waals surface area contributed by atoms with E-state index in [1.54, 1.807) is 17.8 Å². The van der Waals surface area contributed by atoms with E-state index in [4.69, 9.17) is 21.0 Å². The van der Waals surface area contributed by atoms with Gasteiger partial charge in [0.15, 0.2) is 5.17 Å². The average Bonchev–Trinajstić information content (AvgIpc) is 3.11. The number of fused-ring (bicyclic) bond motifs is 6. The van der Waals surface area contributed by atoms with Gasteiger partial charge < -0.3 is 9.32 Å². The molecular weight excluding hydrogens is 404 g/mol. The third-order valence-electron chi connectivity index (χ3n) is 5.29. The van der Waals surface area contributed by atoms with E-state index in [-0.39, 0.29) is 5.63 Å². The molecule has 140 valence electrons. The maximum Gasteiger partial charge on any atom is 0.344 e. The van der Waals surface area contributed by atoms with Crippen LogP contribution in [0.15, 0.2) is 91.9 Å². The van der Waals surface area contributed by atoms with Gasteiger partial charge in [-0.15, -0.1) is 0 Å². The minimum atomic E-state index is -0.414. The summed E-state index contributed by atoms with van der Waals surface area (Å²) in [4.78, 5) is 21.3. The van der Waals surface area contributed by atoms with E-state index in [2.05, 4.69) is 11.0 Å². The molecule has 1 unspecified atom stereocenters. The normalized spacial score (nSPS) is 16.9. The van der Waals surface area contributed by atoms with Crippen molar-refractivity contribution < 1.29 is 4.42 Å². The fraction of sp³-hybridized carbons (Fsp3) is 0.0435. The Morgan fingerprint density at radius 1 is 0.966 bits per heavy atom. The first-order valence-electron chi connectivity index (χ1n) is 9.17. The summed E-state index contributed by atoms with van der Waals surface area (Å²) in [5, 5.41) is 2.26. The molecule has 0 amide bonds. The number of halogens is 1. The van der Waals surface area contributed by atoms with E-state index in [0.29, 0.717) is 21.9 Å². The standard InChI is InChI=1S/C23H13ClN2O2S/c24-15-9-3-1-7-13(15)21-19-20(14-8-2-5-11-17(14)28-22(19)27)25-23-26(21)16-10-4-6-12-18(16)29-23/h1-12,21H. The number of hydrogen-bond acceptors (Lipinski definition) is 5. The number of rotatable bonds is 1. The summed E-state index contributed by atoms with van der Waals surface area (Å²) in [6.07, 6.45) is 0. The van der Waals surface area contributed by atoms with E-state index in [9.17, 15) is 4.79 Å². The Bertz CT molecular complexity index is 1400. The fourth-order valence-corrected chi connectivity index (χ4v) is 5.34. The van der Waals surface area contributed by atoms with Crippen molar-refractivity contribution in [1.82, 2.24) is 0 Å². The Morgan fingerprint density at radius 3 is 2.62 bits per heavy atom. The lowest BCUT2D eigenvalue weighted by Gasteiger charge is -2.34. The van der Waals surface area contributed by atoms with Gasteiger partial charge >= 0.3 is 5.63 Å². The molecule has 0 saturated heterocycles. The van der Waals surface area contributed by atoms with Crippen LogP contribution in [0.2, 0.25) is 5.02 Å². The third-order valence-corrected chi connectivity index (χ3v) is 6.67.